The van der Waals surface area contributed by atoms with Crippen molar-refractivity contribution >= 4 is 57.1 Å². The molecule has 0 bridgehead atoms. The zero-order chi connectivity index (χ0) is 17.4. The van der Waals surface area contributed by atoms with Crippen LogP contribution in [0.1, 0.15) is 53.4 Å². The largest absolute Gasteiger partial charge is 0.466 e. The predicted molar refractivity (Wildman–Crippen MR) is 108 cm³/mol. The third kappa shape index (κ3) is 15.3. The number of halogens is 2. The van der Waals surface area contributed by atoms with Crippen molar-refractivity contribution in [1.82, 2.24) is 0 Å². The van der Waals surface area contributed by atoms with Gasteiger partial charge in [0.05, 0.1) is 19.1 Å². The Morgan fingerprint density at radius 2 is 1.64 bits per heavy atom. The third-order valence-corrected chi connectivity index (χ3v) is 5.15. The molecule has 0 aliphatic rings. The van der Waals surface area contributed by atoms with Gasteiger partial charge in [0.2, 0.25) is 0 Å². The van der Waals surface area contributed by atoms with Crippen LogP contribution in [-0.4, -0.2) is 34.0 Å². The van der Waals surface area contributed by atoms with E-state index in [1.165, 1.54) is 0 Å². The molecule has 0 aromatic rings. The molecule has 4 nitrogen and oxygen atoms in total. The van der Waals surface area contributed by atoms with Crippen LogP contribution in [0.25, 0.3) is 0 Å². The van der Waals surface area contributed by atoms with Gasteiger partial charge in [-0.15, -0.1) is 0 Å². The zero-order valence-corrected chi connectivity index (χ0v) is 18.5. The maximum atomic E-state index is 11.3. The predicted octanol–water partition coefficient (Wildman–Crippen LogP) is 4.80. The second-order valence-corrected chi connectivity index (χ2v) is 6.92. The summed E-state index contributed by atoms with van der Waals surface area (Å²) in [6.07, 6.45) is 3.53. The van der Waals surface area contributed by atoms with Crippen molar-refractivity contribution < 1.29 is 19.1 Å². The van der Waals surface area contributed by atoms with Crippen molar-refractivity contribution in [3.63, 3.8) is 0 Å². The molecule has 0 saturated carbocycles. The first-order valence-electron chi connectivity index (χ1n) is 7.90. The van der Waals surface area contributed by atoms with E-state index in [0.29, 0.717) is 25.6 Å². The first kappa shape index (κ1) is 24.6. The Balaban J connectivity index is 0. The maximum absolute atomic E-state index is 11.3. The van der Waals surface area contributed by atoms with Gasteiger partial charge in [0.25, 0.3) is 0 Å². The molecule has 0 fully saturated rings. The lowest BCUT2D eigenvalue weighted by Gasteiger charge is -2.11. The molecular weight excluding hydrogens is 510 g/mol. The Morgan fingerprint density at radius 1 is 1.05 bits per heavy atom. The summed E-state index contributed by atoms with van der Waals surface area (Å²) in [7, 11) is 0. The van der Waals surface area contributed by atoms with Crippen molar-refractivity contribution in [2.45, 2.75) is 53.4 Å². The molecular formula is C16H30I2O4. The van der Waals surface area contributed by atoms with Gasteiger partial charge in [0.15, 0.2) is 0 Å². The highest BCUT2D eigenvalue weighted by Gasteiger charge is 2.16. The van der Waals surface area contributed by atoms with Crippen LogP contribution >= 0.6 is 45.2 Å². The minimum absolute atomic E-state index is 0.0233. The summed E-state index contributed by atoms with van der Waals surface area (Å²) in [6, 6.07) is 0. The molecule has 0 rings (SSSR count). The minimum atomic E-state index is -0.0772. The van der Waals surface area contributed by atoms with Gasteiger partial charge in [0.1, 0.15) is 0 Å². The van der Waals surface area contributed by atoms with Gasteiger partial charge in [-0.25, -0.2) is 0 Å². The molecule has 6 heteroatoms. The summed E-state index contributed by atoms with van der Waals surface area (Å²) in [6.45, 7) is 8.75. The third-order valence-electron chi connectivity index (χ3n) is 2.88. The van der Waals surface area contributed by atoms with Crippen molar-refractivity contribution in [2.75, 3.05) is 22.1 Å². The van der Waals surface area contributed by atoms with Gasteiger partial charge in [-0.05, 0) is 43.5 Å². The monoisotopic (exact) mass is 540 g/mol. The fraction of sp³-hybridized carbons (Fsp3) is 0.875. The number of alkyl halides is 2. The smallest absolute Gasteiger partial charge is 0.308 e. The molecule has 0 amide bonds. The quantitative estimate of drug-likeness (QED) is 0.227. The molecule has 0 aromatic heterocycles. The van der Waals surface area contributed by atoms with E-state index in [-0.39, 0.29) is 17.9 Å². The fourth-order valence-corrected chi connectivity index (χ4v) is 2.38. The summed E-state index contributed by atoms with van der Waals surface area (Å²) in [4.78, 5) is 22.0. The van der Waals surface area contributed by atoms with E-state index < -0.39 is 0 Å². The highest BCUT2D eigenvalue weighted by atomic mass is 127. The molecule has 2 unspecified atom stereocenters. The van der Waals surface area contributed by atoms with E-state index >= 15 is 0 Å². The summed E-state index contributed by atoms with van der Waals surface area (Å²) >= 11 is 4.60. The van der Waals surface area contributed by atoms with Crippen LogP contribution in [0.15, 0.2) is 0 Å². The molecule has 0 aromatic carbocycles. The Hall–Kier alpha value is 0.400. The van der Waals surface area contributed by atoms with Gasteiger partial charge < -0.3 is 9.47 Å². The van der Waals surface area contributed by atoms with Crippen molar-refractivity contribution in [2.24, 2.45) is 11.8 Å². The second-order valence-electron chi connectivity index (χ2n) is 4.96. The lowest BCUT2D eigenvalue weighted by molar-refractivity contribution is -0.148. The van der Waals surface area contributed by atoms with E-state index in [0.717, 1.165) is 28.1 Å². The highest BCUT2D eigenvalue weighted by Crippen LogP contribution is 2.13. The first-order chi connectivity index (χ1) is 10.5. The number of hydrogen-bond acceptors (Lipinski definition) is 4. The van der Waals surface area contributed by atoms with E-state index in [1.807, 2.05) is 27.7 Å². The molecule has 0 spiro atoms. The number of esters is 2. The Labute approximate surface area is 162 Å². The molecule has 132 valence electrons. The Kier molecular flexibility index (Phi) is 19.9. The van der Waals surface area contributed by atoms with Crippen LogP contribution in [0.4, 0.5) is 0 Å². The number of carbonyl (C=O) groups is 2. The van der Waals surface area contributed by atoms with E-state index in [4.69, 9.17) is 9.47 Å². The normalized spacial score (nSPS) is 12.6. The summed E-state index contributed by atoms with van der Waals surface area (Å²) in [5.41, 5.74) is 0. The topological polar surface area (TPSA) is 52.6 Å². The van der Waals surface area contributed by atoms with Gasteiger partial charge in [-0.1, -0.05) is 59.0 Å². The van der Waals surface area contributed by atoms with Gasteiger partial charge in [0, 0.05) is 10.8 Å². The van der Waals surface area contributed by atoms with Crippen LogP contribution in [0.3, 0.4) is 0 Å². The van der Waals surface area contributed by atoms with Gasteiger partial charge >= 0.3 is 11.9 Å². The summed E-state index contributed by atoms with van der Waals surface area (Å²) < 4.78 is 11.9. The first-order valence-corrected chi connectivity index (χ1v) is 11.0. The number of hydrogen-bond donors (Lipinski definition) is 0. The summed E-state index contributed by atoms with van der Waals surface area (Å²) in [5.74, 6) is 0.468. The molecule has 0 aliphatic carbocycles. The van der Waals surface area contributed by atoms with Crippen LogP contribution in [0.5, 0.6) is 0 Å². The minimum Gasteiger partial charge on any atom is -0.466 e. The SMILES string of the molecule is CCOC(=O)C(CC)CCCI.CCOC(=O)CC(C)CI. The molecule has 0 N–H and O–H groups in total. The van der Waals surface area contributed by atoms with Crippen LogP contribution in [0.2, 0.25) is 0 Å². The molecule has 0 aliphatic heterocycles. The fourth-order valence-electron chi connectivity index (χ4n) is 1.63. The van der Waals surface area contributed by atoms with Gasteiger partial charge in [-0.3, -0.25) is 9.59 Å². The molecule has 2 atom stereocenters. The Bertz CT molecular complexity index is 285. The average Bonchev–Trinajstić information content (AvgIpc) is 2.49. The van der Waals surface area contributed by atoms with E-state index in [9.17, 15) is 9.59 Å². The zero-order valence-electron chi connectivity index (χ0n) is 14.2. The number of carbonyl (C=O) groups excluding carboxylic acids is 2. The molecule has 0 radical (unpaired) electrons. The number of rotatable bonds is 10. The maximum Gasteiger partial charge on any atom is 0.308 e. The average molecular weight is 540 g/mol. The van der Waals surface area contributed by atoms with Crippen LogP contribution in [0, 0.1) is 11.8 Å². The van der Waals surface area contributed by atoms with Crippen molar-refractivity contribution in [3.05, 3.63) is 0 Å². The highest BCUT2D eigenvalue weighted by molar-refractivity contribution is 14.1. The van der Waals surface area contributed by atoms with E-state index in [1.54, 1.807) is 0 Å². The van der Waals surface area contributed by atoms with Crippen molar-refractivity contribution in [3.8, 4) is 0 Å². The Morgan fingerprint density at radius 3 is 2.05 bits per heavy atom. The standard InChI is InChI=1S/C9H17IO2.C7H13IO2/c1-3-8(6-5-7-10)9(11)12-4-2;1-3-10-7(9)4-6(2)5-8/h8H,3-7H2,1-2H3;6H,3-5H2,1-2H3. The molecule has 22 heavy (non-hydrogen) atoms. The lowest BCUT2D eigenvalue weighted by Crippen LogP contribution is -2.17. The van der Waals surface area contributed by atoms with Crippen molar-refractivity contribution in [1.29, 1.82) is 0 Å². The van der Waals surface area contributed by atoms with Crippen LogP contribution < -0.4 is 0 Å². The number of ether oxygens (including phenoxy) is 2. The second kappa shape index (κ2) is 17.7. The molecule has 0 heterocycles. The molecule has 0 saturated heterocycles. The summed E-state index contributed by atoms with van der Waals surface area (Å²) in [5, 5.41) is 0. The van der Waals surface area contributed by atoms with Crippen LogP contribution in [-0.2, 0) is 19.1 Å². The van der Waals surface area contributed by atoms with E-state index in [2.05, 4.69) is 45.2 Å². The lowest BCUT2D eigenvalue weighted by atomic mass is 10.0. The van der Waals surface area contributed by atoms with Gasteiger partial charge in [-0.2, -0.15) is 0 Å².